The van der Waals surface area contributed by atoms with Crippen molar-refractivity contribution in [1.82, 2.24) is 10.5 Å². The van der Waals surface area contributed by atoms with Crippen LogP contribution in [0.1, 0.15) is 48.2 Å². The Morgan fingerprint density at radius 2 is 2.03 bits per heavy atom. The van der Waals surface area contributed by atoms with Crippen molar-refractivity contribution in [2.24, 2.45) is 5.92 Å². The van der Waals surface area contributed by atoms with E-state index in [1.165, 1.54) is 17.4 Å². The number of benzene rings is 1. The SMILES string of the molecule is CC.Cc1ccc(Nc2sc3nccc(C)c3c2C(=O)NOCC2CC2)c(F)c1. The van der Waals surface area contributed by atoms with E-state index in [-0.39, 0.29) is 11.7 Å². The number of amides is 1. The molecule has 2 aromatic heterocycles. The number of pyridine rings is 1. The number of hydrogen-bond donors (Lipinski definition) is 2. The lowest BCUT2D eigenvalue weighted by Gasteiger charge is -2.10. The molecule has 1 amide bonds. The molecular weight excluding hydrogens is 389 g/mol. The third-order valence-electron chi connectivity index (χ3n) is 4.58. The van der Waals surface area contributed by atoms with Gasteiger partial charge in [0.1, 0.15) is 15.6 Å². The average Bonchev–Trinajstić information content (AvgIpc) is 3.44. The number of thiophene rings is 1. The summed E-state index contributed by atoms with van der Waals surface area (Å²) in [5.74, 6) is -0.186. The van der Waals surface area contributed by atoms with Gasteiger partial charge in [0.25, 0.3) is 5.91 Å². The standard InChI is InChI=1S/C20H20FN3O2S.C2H6/c1-11-3-6-15(14(21)9-11)23-20-17(18(25)24-26-10-13-4-5-13)16-12(2)7-8-22-19(16)27-20;1-2/h3,6-9,13,23H,4-5,10H2,1-2H3,(H,24,25);1-2H3. The van der Waals surface area contributed by atoms with Crippen LogP contribution in [0.5, 0.6) is 0 Å². The van der Waals surface area contributed by atoms with Crippen molar-refractivity contribution in [3.8, 4) is 0 Å². The minimum Gasteiger partial charge on any atom is -0.344 e. The van der Waals surface area contributed by atoms with Crippen molar-refractivity contribution in [2.45, 2.75) is 40.5 Å². The molecule has 4 rings (SSSR count). The molecular formula is C22H26FN3O2S. The highest BCUT2D eigenvalue weighted by Crippen LogP contribution is 2.38. The molecule has 0 radical (unpaired) electrons. The quantitative estimate of drug-likeness (QED) is 0.493. The Balaban J connectivity index is 0.00000117. The Hall–Kier alpha value is -2.51. The fraction of sp³-hybridized carbons (Fsp3) is 0.364. The lowest BCUT2D eigenvalue weighted by Crippen LogP contribution is -2.25. The molecule has 7 heteroatoms. The van der Waals surface area contributed by atoms with Crippen molar-refractivity contribution in [1.29, 1.82) is 0 Å². The Kier molecular flexibility index (Phi) is 6.82. The normalized spacial score (nSPS) is 13.0. The van der Waals surface area contributed by atoms with E-state index in [2.05, 4.69) is 15.8 Å². The molecule has 154 valence electrons. The molecule has 0 bridgehead atoms. The van der Waals surface area contributed by atoms with Crippen LogP contribution in [0, 0.1) is 25.6 Å². The van der Waals surface area contributed by atoms with Crippen molar-refractivity contribution in [3.05, 3.63) is 53.0 Å². The smallest absolute Gasteiger partial charge is 0.278 e. The maximum absolute atomic E-state index is 14.3. The molecule has 0 atom stereocenters. The average molecular weight is 416 g/mol. The van der Waals surface area contributed by atoms with Gasteiger partial charge in [0.05, 0.1) is 17.9 Å². The van der Waals surface area contributed by atoms with Crippen molar-refractivity contribution < 1.29 is 14.0 Å². The van der Waals surface area contributed by atoms with E-state index in [9.17, 15) is 9.18 Å². The van der Waals surface area contributed by atoms with Crippen molar-refractivity contribution >= 4 is 38.1 Å². The van der Waals surface area contributed by atoms with Crippen molar-refractivity contribution in [3.63, 3.8) is 0 Å². The summed E-state index contributed by atoms with van der Waals surface area (Å²) in [5.41, 5.74) is 5.04. The minimum absolute atomic E-state index is 0.317. The zero-order valence-electron chi connectivity index (χ0n) is 17.1. The number of nitrogens with one attached hydrogen (secondary N) is 2. The third-order valence-corrected chi connectivity index (χ3v) is 5.59. The van der Waals surface area contributed by atoms with Crippen LogP contribution >= 0.6 is 11.3 Å². The number of hydrogen-bond acceptors (Lipinski definition) is 5. The van der Waals surface area contributed by atoms with Gasteiger partial charge in [-0.05, 0) is 61.9 Å². The number of carbonyl (C=O) groups is 1. The lowest BCUT2D eigenvalue weighted by atomic mass is 10.1. The second-order valence-corrected chi connectivity index (χ2v) is 7.91. The molecule has 0 aliphatic heterocycles. The number of nitrogens with zero attached hydrogens (tertiary/aromatic N) is 1. The van der Waals surface area contributed by atoms with Gasteiger partial charge in [-0.3, -0.25) is 9.63 Å². The highest BCUT2D eigenvalue weighted by Gasteiger charge is 2.25. The lowest BCUT2D eigenvalue weighted by molar-refractivity contribution is 0.0272. The highest BCUT2D eigenvalue weighted by molar-refractivity contribution is 7.23. The zero-order valence-corrected chi connectivity index (χ0v) is 18.0. The van der Waals surface area contributed by atoms with E-state index in [4.69, 9.17) is 4.84 Å². The third kappa shape index (κ3) is 4.92. The molecule has 0 saturated heterocycles. The summed E-state index contributed by atoms with van der Waals surface area (Å²) < 4.78 is 14.3. The summed E-state index contributed by atoms with van der Waals surface area (Å²) in [5, 5.41) is 4.36. The second-order valence-electron chi connectivity index (χ2n) is 6.91. The first-order valence-electron chi connectivity index (χ1n) is 9.86. The molecule has 2 N–H and O–H groups in total. The maximum atomic E-state index is 14.3. The van der Waals surface area contributed by atoms with Gasteiger partial charge >= 0.3 is 0 Å². The summed E-state index contributed by atoms with van der Waals surface area (Å²) in [6.07, 6.45) is 3.98. The zero-order chi connectivity index (χ0) is 21.0. The first-order chi connectivity index (χ1) is 14.0. The first-order valence-corrected chi connectivity index (χ1v) is 10.7. The van der Waals surface area contributed by atoms with Gasteiger partial charge in [-0.1, -0.05) is 31.3 Å². The molecule has 0 spiro atoms. The van der Waals surface area contributed by atoms with Gasteiger partial charge in [-0.25, -0.2) is 14.9 Å². The second kappa shape index (κ2) is 9.33. The van der Waals surface area contributed by atoms with Gasteiger partial charge in [-0.15, -0.1) is 0 Å². The molecule has 1 aromatic carbocycles. The monoisotopic (exact) mass is 415 g/mol. The number of aryl methyl sites for hydroxylation is 2. The highest BCUT2D eigenvalue weighted by atomic mass is 32.1. The van der Waals surface area contributed by atoms with Gasteiger partial charge in [-0.2, -0.15) is 0 Å². The number of halogens is 1. The topological polar surface area (TPSA) is 63.2 Å². The van der Waals surface area contributed by atoms with E-state index in [0.29, 0.717) is 28.8 Å². The number of fused-ring (bicyclic) bond motifs is 1. The van der Waals surface area contributed by atoms with E-state index in [1.54, 1.807) is 12.3 Å². The Morgan fingerprint density at radius 3 is 2.72 bits per heavy atom. The largest absolute Gasteiger partial charge is 0.344 e. The molecule has 5 nitrogen and oxygen atoms in total. The van der Waals surface area contributed by atoms with Gasteiger partial charge in [0.15, 0.2) is 0 Å². The fourth-order valence-corrected chi connectivity index (χ4v) is 4.01. The Bertz CT molecular complexity index is 1010. The van der Waals surface area contributed by atoms with Crippen LogP contribution in [0.3, 0.4) is 0 Å². The minimum atomic E-state index is -0.367. The predicted molar refractivity (Wildman–Crippen MR) is 116 cm³/mol. The number of aromatic nitrogens is 1. The van der Waals surface area contributed by atoms with E-state index in [0.717, 1.165) is 34.2 Å². The van der Waals surface area contributed by atoms with E-state index >= 15 is 0 Å². The van der Waals surface area contributed by atoms with Crippen LogP contribution < -0.4 is 10.8 Å². The summed E-state index contributed by atoms with van der Waals surface area (Å²) in [4.78, 5) is 23.3. The molecule has 29 heavy (non-hydrogen) atoms. The number of hydroxylamine groups is 1. The molecule has 3 aromatic rings. The van der Waals surface area contributed by atoms with Crippen LogP contribution in [-0.4, -0.2) is 17.5 Å². The Morgan fingerprint density at radius 1 is 1.28 bits per heavy atom. The Labute approximate surface area is 174 Å². The van der Waals surface area contributed by atoms with E-state index in [1.807, 2.05) is 39.8 Å². The van der Waals surface area contributed by atoms with Gasteiger partial charge < -0.3 is 5.32 Å². The van der Waals surface area contributed by atoms with Crippen LogP contribution in [0.4, 0.5) is 15.1 Å². The van der Waals surface area contributed by atoms with Crippen LogP contribution in [0.25, 0.3) is 10.2 Å². The van der Waals surface area contributed by atoms with Crippen LogP contribution in [0.15, 0.2) is 30.5 Å². The molecule has 1 fully saturated rings. The molecule has 1 saturated carbocycles. The molecule has 2 heterocycles. The number of anilines is 2. The van der Waals surface area contributed by atoms with Crippen LogP contribution in [0.2, 0.25) is 0 Å². The fourth-order valence-electron chi connectivity index (χ4n) is 2.89. The van der Waals surface area contributed by atoms with Crippen LogP contribution in [-0.2, 0) is 4.84 Å². The van der Waals surface area contributed by atoms with Gasteiger partial charge in [0.2, 0.25) is 0 Å². The summed E-state index contributed by atoms with van der Waals surface area (Å²) in [6, 6.07) is 6.80. The summed E-state index contributed by atoms with van der Waals surface area (Å²) in [6.45, 7) is 8.27. The predicted octanol–water partition coefficient (Wildman–Crippen LogP) is 5.89. The van der Waals surface area contributed by atoms with E-state index < -0.39 is 0 Å². The van der Waals surface area contributed by atoms with Crippen molar-refractivity contribution in [2.75, 3.05) is 11.9 Å². The number of rotatable bonds is 6. The molecule has 1 aliphatic carbocycles. The molecule has 0 unspecified atom stereocenters. The maximum Gasteiger partial charge on any atom is 0.278 e. The summed E-state index contributed by atoms with van der Waals surface area (Å²) >= 11 is 1.32. The first kappa shape index (κ1) is 21.2. The van der Waals surface area contributed by atoms with Gasteiger partial charge in [0, 0.05) is 11.6 Å². The summed E-state index contributed by atoms with van der Waals surface area (Å²) in [7, 11) is 0. The number of carbonyl (C=O) groups excluding carboxylic acids is 1. The molecule has 1 aliphatic rings.